The molecule has 0 bridgehead atoms. The Kier molecular flexibility index (Phi) is 2.75. The lowest BCUT2D eigenvalue weighted by Gasteiger charge is -2.38. The molecule has 7 heteroatoms. The van der Waals surface area contributed by atoms with Crippen molar-refractivity contribution < 1.29 is 23.4 Å². The molecule has 6 rings (SSSR count). The van der Waals surface area contributed by atoms with E-state index in [0.29, 0.717) is 35.8 Å². The van der Waals surface area contributed by atoms with Crippen LogP contribution in [0.1, 0.15) is 19.8 Å². The van der Waals surface area contributed by atoms with Crippen molar-refractivity contribution in [1.82, 2.24) is 0 Å². The minimum atomic E-state index is -1.17. The minimum Gasteiger partial charge on any atom is -0.452 e. The smallest absolute Gasteiger partial charge is 0.218 e. The van der Waals surface area contributed by atoms with Gasteiger partial charge in [0, 0.05) is 29.1 Å². The van der Waals surface area contributed by atoms with E-state index in [1.54, 1.807) is 6.92 Å². The van der Waals surface area contributed by atoms with Crippen LogP contribution >= 0.6 is 0 Å². The molecule has 0 aromatic carbocycles. The number of halogens is 1. The third-order valence-corrected chi connectivity index (χ3v) is 6.67. The van der Waals surface area contributed by atoms with Gasteiger partial charge in [0.1, 0.15) is 11.1 Å². The summed E-state index contributed by atoms with van der Waals surface area (Å²) in [5.74, 6) is 0.124. The highest BCUT2D eigenvalue weighted by Gasteiger charge is 2.78. The summed E-state index contributed by atoms with van der Waals surface area (Å²) in [7, 11) is 0. The average Bonchev–Trinajstić information content (AvgIpc) is 3.09. The molecule has 3 atom stereocenters. The molecule has 0 saturated carbocycles. The van der Waals surface area contributed by atoms with Crippen molar-refractivity contribution in [2.24, 2.45) is 15.8 Å². The number of hydrogen-bond acceptors (Lipinski definition) is 5. The van der Waals surface area contributed by atoms with Gasteiger partial charge in [0.25, 0.3) is 0 Å². The highest BCUT2D eigenvalue weighted by atomic mass is 19.1. The number of nitroso groups, excluding NO2 is 1. The maximum Gasteiger partial charge on any atom is 0.218 e. The molecule has 0 radical (unpaired) electrons. The van der Waals surface area contributed by atoms with E-state index in [1.807, 2.05) is 24.3 Å². The Morgan fingerprint density at radius 2 is 2.14 bits per heavy atom. The van der Waals surface area contributed by atoms with E-state index in [0.717, 1.165) is 4.76 Å². The standard InChI is InChI=1S/C21H16FN2O4/c1-11-21-16(25)9-14-18(27-13-6-4-5-12(22)17(13)28-14)19(21)23-15-7-2-3-8-20(15,21)10-24(11)26/h2-3,5,7-9,11H,4,6,10H2,1H3/q+1. The zero-order valence-corrected chi connectivity index (χ0v) is 15.1. The van der Waals surface area contributed by atoms with Crippen molar-refractivity contribution in [3.63, 3.8) is 0 Å². The number of carbonyl (C=O) groups excluding carboxylic acids is 1. The van der Waals surface area contributed by atoms with Crippen LogP contribution in [-0.2, 0) is 14.3 Å². The van der Waals surface area contributed by atoms with E-state index in [4.69, 9.17) is 14.5 Å². The number of hydrogen-bond donors (Lipinski definition) is 0. The number of allylic oxidation sites excluding steroid dienone is 7. The number of ether oxygens (including phenoxy) is 2. The van der Waals surface area contributed by atoms with E-state index in [9.17, 15) is 14.1 Å². The Labute approximate surface area is 159 Å². The molecule has 0 amide bonds. The molecule has 1 fully saturated rings. The van der Waals surface area contributed by atoms with Gasteiger partial charge in [-0.15, -0.1) is 0 Å². The van der Waals surface area contributed by atoms with Crippen LogP contribution in [0, 0.1) is 15.7 Å². The number of ketones is 1. The number of nitrogens with zero attached hydrogens (tertiary/aromatic N) is 2. The molecule has 6 nitrogen and oxygen atoms in total. The summed E-state index contributed by atoms with van der Waals surface area (Å²) in [5, 5.41) is 0. The van der Waals surface area contributed by atoms with Crippen LogP contribution in [0.3, 0.4) is 0 Å². The fourth-order valence-electron chi connectivity index (χ4n) is 5.39. The van der Waals surface area contributed by atoms with Crippen molar-refractivity contribution >= 4 is 11.5 Å². The summed E-state index contributed by atoms with van der Waals surface area (Å²) in [6.07, 6.45) is 11.2. The van der Waals surface area contributed by atoms with E-state index >= 15 is 0 Å². The van der Waals surface area contributed by atoms with Crippen LogP contribution in [0.15, 0.2) is 76.0 Å². The summed E-state index contributed by atoms with van der Waals surface area (Å²) in [5.41, 5.74) is -0.924. The molecule has 140 valence electrons. The van der Waals surface area contributed by atoms with Crippen LogP contribution in [0.4, 0.5) is 4.39 Å². The van der Waals surface area contributed by atoms with Gasteiger partial charge in [-0.3, -0.25) is 9.79 Å². The lowest BCUT2D eigenvalue weighted by atomic mass is 9.56. The zero-order valence-electron chi connectivity index (χ0n) is 15.1. The first-order chi connectivity index (χ1) is 13.5. The fraction of sp³-hybridized carbons (Fsp3) is 0.333. The summed E-state index contributed by atoms with van der Waals surface area (Å²) in [6.45, 7) is 1.90. The van der Waals surface area contributed by atoms with Crippen molar-refractivity contribution in [3.8, 4) is 0 Å². The van der Waals surface area contributed by atoms with E-state index in [2.05, 4.69) is 0 Å². The van der Waals surface area contributed by atoms with Crippen LogP contribution in [0.25, 0.3) is 0 Å². The van der Waals surface area contributed by atoms with Gasteiger partial charge < -0.3 is 9.47 Å². The fourth-order valence-corrected chi connectivity index (χ4v) is 5.39. The topological polar surface area (TPSA) is 68.0 Å². The van der Waals surface area contributed by atoms with Crippen molar-refractivity contribution in [2.45, 2.75) is 25.8 Å². The van der Waals surface area contributed by atoms with E-state index < -0.39 is 22.7 Å². The zero-order chi connectivity index (χ0) is 19.3. The molecule has 3 aliphatic carbocycles. The van der Waals surface area contributed by atoms with Gasteiger partial charge in [-0.2, -0.15) is 0 Å². The first kappa shape index (κ1) is 15.9. The molecule has 3 heterocycles. The second kappa shape index (κ2) is 4.84. The maximum absolute atomic E-state index is 14.2. The second-order valence-electron chi connectivity index (χ2n) is 7.84. The first-order valence-corrected chi connectivity index (χ1v) is 9.34. The van der Waals surface area contributed by atoms with Gasteiger partial charge in [0.2, 0.25) is 18.3 Å². The minimum absolute atomic E-state index is 0.0214. The maximum atomic E-state index is 14.2. The second-order valence-corrected chi connectivity index (χ2v) is 7.84. The SMILES string of the molecule is CC1[N+](=O)CC23C=CC=CC2=NC2=C4OC5=C(OC4=CC(=O)C213)C(F)=CCC5. The summed E-state index contributed by atoms with van der Waals surface area (Å²) in [6, 6.07) is -0.625. The number of aliphatic imine (C=N–C) groups is 1. The van der Waals surface area contributed by atoms with Crippen LogP contribution in [0.2, 0.25) is 0 Å². The highest BCUT2D eigenvalue weighted by molar-refractivity contribution is 6.15. The van der Waals surface area contributed by atoms with E-state index in [-0.39, 0.29) is 23.8 Å². The van der Waals surface area contributed by atoms with Crippen molar-refractivity contribution in [1.29, 1.82) is 0 Å². The number of fused-ring (bicyclic) bond motifs is 1. The lowest BCUT2D eigenvalue weighted by Crippen LogP contribution is -2.52. The average molecular weight is 379 g/mol. The molecule has 0 aromatic heterocycles. The van der Waals surface area contributed by atoms with Gasteiger partial charge in [0.15, 0.2) is 34.3 Å². The van der Waals surface area contributed by atoms with Crippen LogP contribution in [0.5, 0.6) is 0 Å². The molecular weight excluding hydrogens is 363 g/mol. The third-order valence-electron chi connectivity index (χ3n) is 6.67. The molecule has 6 aliphatic rings. The van der Waals surface area contributed by atoms with Crippen molar-refractivity contribution in [3.05, 3.63) is 75.9 Å². The first-order valence-electron chi connectivity index (χ1n) is 9.34. The Morgan fingerprint density at radius 3 is 3.00 bits per heavy atom. The molecule has 2 spiro atoms. The molecule has 1 saturated heterocycles. The van der Waals surface area contributed by atoms with Gasteiger partial charge in [-0.05, 0) is 18.6 Å². The molecule has 28 heavy (non-hydrogen) atoms. The van der Waals surface area contributed by atoms with Crippen LogP contribution in [-0.4, -0.2) is 28.8 Å². The Balaban J connectivity index is 1.64. The monoisotopic (exact) mass is 379 g/mol. The largest absolute Gasteiger partial charge is 0.452 e. The van der Waals surface area contributed by atoms with Crippen molar-refractivity contribution in [2.75, 3.05) is 6.54 Å². The van der Waals surface area contributed by atoms with Gasteiger partial charge in [-0.25, -0.2) is 4.39 Å². The van der Waals surface area contributed by atoms with Gasteiger partial charge in [-0.1, -0.05) is 18.2 Å². The Morgan fingerprint density at radius 1 is 1.29 bits per heavy atom. The normalized spacial score (nSPS) is 37.2. The molecule has 3 aliphatic heterocycles. The predicted molar refractivity (Wildman–Crippen MR) is 96.3 cm³/mol. The summed E-state index contributed by atoms with van der Waals surface area (Å²) >= 11 is 0. The van der Waals surface area contributed by atoms with Gasteiger partial charge >= 0.3 is 0 Å². The molecule has 3 unspecified atom stereocenters. The summed E-state index contributed by atoms with van der Waals surface area (Å²) < 4.78 is 27.0. The van der Waals surface area contributed by atoms with Gasteiger partial charge in [0.05, 0.1) is 5.71 Å². The quantitative estimate of drug-likeness (QED) is 0.606. The predicted octanol–water partition coefficient (Wildman–Crippen LogP) is 3.30. The highest BCUT2D eigenvalue weighted by Crippen LogP contribution is 2.64. The Bertz CT molecular complexity index is 1120. The molecule has 0 aromatic rings. The van der Waals surface area contributed by atoms with E-state index in [1.165, 1.54) is 12.2 Å². The lowest BCUT2D eigenvalue weighted by molar-refractivity contribution is -0.568. The molecular formula is C21H16FN2O4+. The third kappa shape index (κ3) is 1.53. The van der Waals surface area contributed by atoms with Crippen LogP contribution < -0.4 is 0 Å². The number of rotatable bonds is 0. The summed E-state index contributed by atoms with van der Waals surface area (Å²) in [4.78, 5) is 31.0. The number of carbonyl (C=O) groups is 1. The Hall–Kier alpha value is -3.09. The molecule has 0 N–H and O–H groups in total.